The number of rotatable bonds is 3. The van der Waals surface area contributed by atoms with Crippen molar-refractivity contribution in [3.8, 4) is 0 Å². The molecule has 0 aromatic heterocycles. The molecule has 0 N–H and O–H groups in total. The summed E-state index contributed by atoms with van der Waals surface area (Å²) in [5.74, 6) is 0.241. The van der Waals surface area contributed by atoms with Crippen LogP contribution in [0.15, 0.2) is 30.3 Å². The number of carbonyl (C=O) groups is 2. The summed E-state index contributed by atoms with van der Waals surface area (Å²) in [5, 5.41) is 0. The first-order valence-corrected chi connectivity index (χ1v) is 7.71. The highest BCUT2D eigenvalue weighted by Gasteiger charge is 2.31. The fraction of sp³-hybridized carbons (Fsp3) is 0.529. The summed E-state index contributed by atoms with van der Waals surface area (Å²) in [4.78, 5) is 27.9. The van der Waals surface area contributed by atoms with Crippen molar-refractivity contribution in [2.75, 3.05) is 33.3 Å². The molecule has 1 fully saturated rings. The molecule has 1 aromatic carbocycles. The van der Waals surface area contributed by atoms with Crippen LogP contribution in [0.5, 0.6) is 0 Å². The third-order valence-electron chi connectivity index (χ3n) is 4.12. The summed E-state index contributed by atoms with van der Waals surface area (Å²) in [6.45, 7) is 6.31. The van der Waals surface area contributed by atoms with E-state index in [1.165, 1.54) is 7.11 Å². The first-order chi connectivity index (χ1) is 10.5. The highest BCUT2D eigenvalue weighted by molar-refractivity contribution is 5.84. The zero-order valence-corrected chi connectivity index (χ0v) is 13.5. The second-order valence-corrected chi connectivity index (χ2v) is 5.91. The second-order valence-electron chi connectivity index (χ2n) is 5.91. The maximum atomic E-state index is 12.9. The molecule has 5 nitrogen and oxygen atoms in total. The van der Waals surface area contributed by atoms with Crippen molar-refractivity contribution in [1.82, 2.24) is 9.80 Å². The molecule has 1 aliphatic heterocycles. The number of carbonyl (C=O) groups excluding carboxylic acids is 2. The Bertz CT molecular complexity index is 508. The van der Waals surface area contributed by atoms with Gasteiger partial charge in [0.1, 0.15) is 0 Å². The molecular formula is C17H24N2O3. The van der Waals surface area contributed by atoms with E-state index in [-0.39, 0.29) is 23.8 Å². The molecule has 22 heavy (non-hydrogen) atoms. The topological polar surface area (TPSA) is 49.9 Å². The Morgan fingerprint density at radius 2 is 1.55 bits per heavy atom. The molecule has 2 amide bonds. The van der Waals surface area contributed by atoms with E-state index >= 15 is 0 Å². The molecular weight excluding hydrogens is 280 g/mol. The van der Waals surface area contributed by atoms with E-state index < -0.39 is 0 Å². The lowest BCUT2D eigenvalue weighted by Crippen LogP contribution is -2.52. The summed E-state index contributed by atoms with van der Waals surface area (Å²) >= 11 is 0. The van der Waals surface area contributed by atoms with Gasteiger partial charge in [0.2, 0.25) is 5.91 Å². The summed E-state index contributed by atoms with van der Waals surface area (Å²) in [6.07, 6.45) is -0.324. The van der Waals surface area contributed by atoms with Gasteiger partial charge in [0.15, 0.2) is 0 Å². The highest BCUT2D eigenvalue weighted by Crippen LogP contribution is 2.27. The zero-order valence-electron chi connectivity index (χ0n) is 13.5. The van der Waals surface area contributed by atoms with Gasteiger partial charge < -0.3 is 14.5 Å². The van der Waals surface area contributed by atoms with Crippen molar-refractivity contribution < 1.29 is 14.3 Å². The van der Waals surface area contributed by atoms with Gasteiger partial charge in [-0.25, -0.2) is 4.79 Å². The number of amides is 2. The van der Waals surface area contributed by atoms with E-state index in [4.69, 9.17) is 4.74 Å². The van der Waals surface area contributed by atoms with Gasteiger partial charge in [0.05, 0.1) is 13.0 Å². The second kappa shape index (κ2) is 7.29. The van der Waals surface area contributed by atoms with E-state index in [1.807, 2.05) is 35.2 Å². The van der Waals surface area contributed by atoms with E-state index in [0.717, 1.165) is 5.56 Å². The maximum absolute atomic E-state index is 12.9. The van der Waals surface area contributed by atoms with Gasteiger partial charge in [-0.05, 0) is 11.5 Å². The molecule has 1 atom stereocenters. The normalized spacial score (nSPS) is 16.5. The summed E-state index contributed by atoms with van der Waals surface area (Å²) in [7, 11) is 1.38. The van der Waals surface area contributed by atoms with Crippen LogP contribution in [0, 0.1) is 5.92 Å². The number of hydrogen-bond acceptors (Lipinski definition) is 3. The van der Waals surface area contributed by atoms with Crippen molar-refractivity contribution in [2.24, 2.45) is 5.92 Å². The Kier molecular flexibility index (Phi) is 5.41. The van der Waals surface area contributed by atoms with E-state index in [1.54, 1.807) is 4.90 Å². The number of piperazine rings is 1. The summed E-state index contributed by atoms with van der Waals surface area (Å²) in [6, 6.07) is 9.90. The lowest BCUT2D eigenvalue weighted by molar-refractivity contribution is -0.135. The monoisotopic (exact) mass is 304 g/mol. The fourth-order valence-electron chi connectivity index (χ4n) is 2.91. The lowest BCUT2D eigenvalue weighted by Gasteiger charge is -2.36. The smallest absolute Gasteiger partial charge is 0.409 e. The number of ether oxygens (including phenoxy) is 1. The zero-order chi connectivity index (χ0) is 16.1. The van der Waals surface area contributed by atoms with Gasteiger partial charge in [0, 0.05) is 26.2 Å². The van der Waals surface area contributed by atoms with Crippen molar-refractivity contribution in [1.29, 1.82) is 0 Å². The van der Waals surface area contributed by atoms with Crippen molar-refractivity contribution in [3.05, 3.63) is 35.9 Å². The minimum absolute atomic E-state index is 0.133. The van der Waals surface area contributed by atoms with Crippen LogP contribution in [-0.4, -0.2) is 55.1 Å². The summed E-state index contributed by atoms with van der Waals surface area (Å²) < 4.78 is 4.72. The average Bonchev–Trinajstić information content (AvgIpc) is 2.55. The van der Waals surface area contributed by atoms with Crippen LogP contribution < -0.4 is 0 Å². The van der Waals surface area contributed by atoms with Crippen LogP contribution in [-0.2, 0) is 9.53 Å². The predicted molar refractivity (Wildman–Crippen MR) is 84.6 cm³/mol. The first kappa shape index (κ1) is 16.3. The van der Waals surface area contributed by atoms with Crippen LogP contribution in [0.1, 0.15) is 25.3 Å². The van der Waals surface area contributed by atoms with Gasteiger partial charge in [-0.2, -0.15) is 0 Å². The molecule has 0 aliphatic carbocycles. The molecule has 1 unspecified atom stereocenters. The van der Waals surface area contributed by atoms with Gasteiger partial charge in [-0.3, -0.25) is 4.79 Å². The molecule has 5 heteroatoms. The molecule has 0 saturated carbocycles. The Hall–Kier alpha value is -2.04. The van der Waals surface area contributed by atoms with Gasteiger partial charge in [-0.15, -0.1) is 0 Å². The minimum atomic E-state index is -0.324. The standard InChI is InChI=1S/C17H24N2O3/c1-13(2)15(14-7-5-4-6-8-14)16(20)18-9-11-19(12-10-18)17(21)22-3/h4-8,13,15H,9-12H2,1-3H3. The first-order valence-electron chi connectivity index (χ1n) is 7.71. The van der Waals surface area contributed by atoms with Gasteiger partial charge >= 0.3 is 6.09 Å². The van der Waals surface area contributed by atoms with Crippen LogP contribution in [0.3, 0.4) is 0 Å². The highest BCUT2D eigenvalue weighted by atomic mass is 16.5. The molecule has 1 heterocycles. The molecule has 0 spiro atoms. The molecule has 2 rings (SSSR count). The third-order valence-corrected chi connectivity index (χ3v) is 4.12. The number of methoxy groups -OCH3 is 1. The Balaban J connectivity index is 2.05. The Morgan fingerprint density at radius 3 is 2.05 bits per heavy atom. The minimum Gasteiger partial charge on any atom is -0.453 e. The molecule has 120 valence electrons. The fourth-order valence-corrected chi connectivity index (χ4v) is 2.91. The van der Waals surface area contributed by atoms with Crippen molar-refractivity contribution in [3.63, 3.8) is 0 Å². The van der Waals surface area contributed by atoms with Crippen molar-refractivity contribution >= 4 is 12.0 Å². The molecule has 1 saturated heterocycles. The molecule has 0 bridgehead atoms. The van der Waals surface area contributed by atoms with Crippen LogP contribution in [0.25, 0.3) is 0 Å². The number of hydrogen-bond donors (Lipinski definition) is 0. The molecule has 1 aliphatic rings. The predicted octanol–water partition coefficient (Wildman–Crippen LogP) is 2.34. The number of nitrogens with zero attached hydrogens (tertiary/aromatic N) is 2. The van der Waals surface area contributed by atoms with Crippen LogP contribution in [0.2, 0.25) is 0 Å². The van der Waals surface area contributed by atoms with Crippen molar-refractivity contribution in [2.45, 2.75) is 19.8 Å². The Morgan fingerprint density at radius 1 is 1.00 bits per heavy atom. The number of benzene rings is 1. The van der Waals surface area contributed by atoms with Crippen LogP contribution in [0.4, 0.5) is 4.79 Å². The quantitative estimate of drug-likeness (QED) is 0.861. The largest absolute Gasteiger partial charge is 0.453 e. The maximum Gasteiger partial charge on any atom is 0.409 e. The van der Waals surface area contributed by atoms with Gasteiger partial charge in [0.25, 0.3) is 0 Å². The summed E-state index contributed by atoms with van der Waals surface area (Å²) in [5.41, 5.74) is 1.05. The Labute approximate surface area is 131 Å². The average molecular weight is 304 g/mol. The van der Waals surface area contributed by atoms with Crippen LogP contribution >= 0.6 is 0 Å². The van der Waals surface area contributed by atoms with E-state index in [0.29, 0.717) is 26.2 Å². The molecule has 0 radical (unpaired) electrons. The molecule has 1 aromatic rings. The van der Waals surface area contributed by atoms with E-state index in [9.17, 15) is 9.59 Å². The SMILES string of the molecule is COC(=O)N1CCN(C(=O)C(c2ccccc2)C(C)C)CC1. The van der Waals surface area contributed by atoms with Gasteiger partial charge in [-0.1, -0.05) is 44.2 Å². The third kappa shape index (κ3) is 3.59. The van der Waals surface area contributed by atoms with E-state index in [2.05, 4.69) is 13.8 Å². The lowest BCUT2D eigenvalue weighted by atomic mass is 9.87.